The number of hydrogen-bond acceptors (Lipinski definition) is 5. The van der Waals surface area contributed by atoms with E-state index in [1.54, 1.807) is 6.92 Å². The van der Waals surface area contributed by atoms with Crippen molar-refractivity contribution in [2.45, 2.75) is 44.9 Å². The zero-order chi connectivity index (χ0) is 21.6. The third-order valence-corrected chi connectivity index (χ3v) is 5.40. The molecule has 30 heavy (non-hydrogen) atoms. The molecule has 1 aliphatic carbocycles. The molecule has 0 bridgehead atoms. The van der Waals surface area contributed by atoms with Crippen molar-refractivity contribution in [2.24, 2.45) is 13.0 Å². The summed E-state index contributed by atoms with van der Waals surface area (Å²) in [5, 5.41) is 6.84. The van der Waals surface area contributed by atoms with Crippen LogP contribution in [0.4, 0.5) is 17.6 Å². The second-order valence-corrected chi connectivity index (χ2v) is 7.44. The third-order valence-electron chi connectivity index (χ3n) is 5.40. The lowest BCUT2D eigenvalue weighted by molar-refractivity contribution is -0.185. The number of aryl methyl sites for hydroxylation is 2. The normalized spacial score (nSPS) is 19.9. The summed E-state index contributed by atoms with van der Waals surface area (Å²) >= 11 is 0. The highest BCUT2D eigenvalue weighted by Gasteiger charge is 2.42. The molecule has 0 spiro atoms. The van der Waals surface area contributed by atoms with Crippen LogP contribution in [0.1, 0.15) is 31.5 Å². The van der Waals surface area contributed by atoms with Crippen molar-refractivity contribution < 1.29 is 22.3 Å². The fourth-order valence-corrected chi connectivity index (χ4v) is 3.78. The lowest BCUT2D eigenvalue weighted by Crippen LogP contribution is -2.32. The van der Waals surface area contributed by atoms with E-state index in [0.717, 1.165) is 0 Å². The van der Waals surface area contributed by atoms with Crippen molar-refractivity contribution in [3.63, 3.8) is 0 Å². The minimum Gasteiger partial charge on any atom is -0.472 e. The van der Waals surface area contributed by atoms with Crippen molar-refractivity contribution in [1.29, 1.82) is 0 Å². The van der Waals surface area contributed by atoms with Gasteiger partial charge >= 0.3 is 6.18 Å². The fourth-order valence-electron chi connectivity index (χ4n) is 3.78. The fraction of sp³-hybridized carbons (Fsp3) is 0.474. The number of hydrogen-bond donors (Lipinski definition) is 1. The number of nitrogens with one attached hydrogen (secondary N) is 1. The van der Waals surface area contributed by atoms with E-state index in [4.69, 9.17) is 4.74 Å². The van der Waals surface area contributed by atoms with E-state index in [2.05, 4.69) is 20.2 Å². The topological polar surface area (TPSA) is 85.7 Å². The molecule has 7 nitrogen and oxygen atoms in total. The predicted molar refractivity (Wildman–Crippen MR) is 99.5 cm³/mol. The van der Waals surface area contributed by atoms with Crippen LogP contribution >= 0.6 is 0 Å². The zero-order valence-corrected chi connectivity index (χ0v) is 16.3. The Hall–Kier alpha value is -2.98. The molecule has 160 valence electrons. The molecular weight excluding hydrogens is 406 g/mol. The molecule has 0 saturated heterocycles. The first-order valence-electron chi connectivity index (χ1n) is 9.47. The highest BCUT2D eigenvalue weighted by molar-refractivity contribution is 5.89. The summed E-state index contributed by atoms with van der Waals surface area (Å²) < 4.78 is 60.7. The van der Waals surface area contributed by atoms with Gasteiger partial charge in [0.15, 0.2) is 0 Å². The largest absolute Gasteiger partial charge is 0.472 e. The van der Waals surface area contributed by atoms with Crippen molar-refractivity contribution in [2.75, 3.05) is 0 Å². The first-order valence-corrected chi connectivity index (χ1v) is 9.47. The minimum absolute atomic E-state index is 0.0706. The van der Waals surface area contributed by atoms with Gasteiger partial charge in [0, 0.05) is 13.1 Å². The average molecular weight is 425 g/mol. The number of alkyl halides is 3. The second-order valence-electron chi connectivity index (χ2n) is 7.44. The number of aromatic nitrogens is 5. The van der Waals surface area contributed by atoms with Gasteiger partial charge in [-0.15, -0.1) is 0 Å². The number of halogens is 4. The Morgan fingerprint density at radius 3 is 2.50 bits per heavy atom. The van der Waals surface area contributed by atoms with Gasteiger partial charge in [0.05, 0.1) is 17.0 Å². The number of fused-ring (bicyclic) bond motifs is 1. The van der Waals surface area contributed by atoms with E-state index in [9.17, 15) is 18.0 Å². The SMILES string of the molecule is Cc1nc(OC2CCC(C(F)(F)F)CC2)c(F)c(-c2n[nH]c3ccc(=O)n(C)c23)n1. The first kappa shape index (κ1) is 20.3. The molecule has 3 aromatic rings. The summed E-state index contributed by atoms with van der Waals surface area (Å²) in [7, 11) is 1.53. The van der Waals surface area contributed by atoms with Gasteiger partial charge in [0.25, 0.3) is 11.4 Å². The maximum Gasteiger partial charge on any atom is 0.391 e. The van der Waals surface area contributed by atoms with E-state index in [1.807, 2.05) is 0 Å². The zero-order valence-electron chi connectivity index (χ0n) is 16.3. The first-order chi connectivity index (χ1) is 14.1. The van der Waals surface area contributed by atoms with E-state index in [0.29, 0.717) is 11.0 Å². The van der Waals surface area contributed by atoms with E-state index >= 15 is 4.39 Å². The van der Waals surface area contributed by atoms with Crippen LogP contribution in [0.3, 0.4) is 0 Å². The maximum atomic E-state index is 15.2. The van der Waals surface area contributed by atoms with E-state index in [-0.39, 0.29) is 54.3 Å². The van der Waals surface area contributed by atoms with Crippen LogP contribution in [0.5, 0.6) is 5.88 Å². The number of H-pyrrole nitrogens is 1. The summed E-state index contributed by atoms with van der Waals surface area (Å²) in [4.78, 5) is 20.1. The Morgan fingerprint density at radius 1 is 1.13 bits per heavy atom. The lowest BCUT2D eigenvalue weighted by Gasteiger charge is -2.29. The molecule has 1 aliphatic rings. The molecule has 0 aliphatic heterocycles. The quantitative estimate of drug-likeness (QED) is 0.648. The Labute approximate surface area is 168 Å². The van der Waals surface area contributed by atoms with Crippen molar-refractivity contribution in [3.05, 3.63) is 34.1 Å². The maximum absolute atomic E-state index is 15.2. The Morgan fingerprint density at radius 2 is 1.83 bits per heavy atom. The molecular formula is C19H19F4N5O2. The monoisotopic (exact) mass is 425 g/mol. The summed E-state index contributed by atoms with van der Waals surface area (Å²) in [6.07, 6.45) is -4.63. The summed E-state index contributed by atoms with van der Waals surface area (Å²) in [5.41, 5.74) is 0.578. The van der Waals surface area contributed by atoms with Crippen LogP contribution in [0.25, 0.3) is 22.4 Å². The average Bonchev–Trinajstić information content (AvgIpc) is 3.11. The van der Waals surface area contributed by atoms with Gasteiger partial charge in [-0.1, -0.05) is 0 Å². The molecule has 1 N–H and O–H groups in total. The van der Waals surface area contributed by atoms with Crippen molar-refractivity contribution in [1.82, 2.24) is 24.7 Å². The van der Waals surface area contributed by atoms with Gasteiger partial charge in [-0.05, 0) is 38.7 Å². The molecule has 0 atom stereocenters. The summed E-state index contributed by atoms with van der Waals surface area (Å²) in [6.45, 7) is 1.55. The van der Waals surface area contributed by atoms with Crippen molar-refractivity contribution in [3.8, 4) is 17.3 Å². The molecule has 0 radical (unpaired) electrons. The molecule has 4 rings (SSSR count). The highest BCUT2D eigenvalue weighted by Crippen LogP contribution is 2.39. The Bertz CT molecular complexity index is 1150. The number of nitrogens with zero attached hydrogens (tertiary/aromatic N) is 4. The van der Waals surface area contributed by atoms with Gasteiger partial charge in [-0.2, -0.15) is 27.6 Å². The van der Waals surface area contributed by atoms with Crippen LogP contribution in [-0.2, 0) is 7.05 Å². The van der Waals surface area contributed by atoms with Gasteiger partial charge < -0.3 is 9.30 Å². The highest BCUT2D eigenvalue weighted by atomic mass is 19.4. The molecule has 1 saturated carbocycles. The molecule has 3 heterocycles. The van der Waals surface area contributed by atoms with Gasteiger partial charge in [0.2, 0.25) is 5.82 Å². The van der Waals surface area contributed by atoms with Crippen LogP contribution < -0.4 is 10.3 Å². The third kappa shape index (κ3) is 3.63. The number of pyridine rings is 1. The van der Waals surface area contributed by atoms with Crippen molar-refractivity contribution >= 4 is 11.0 Å². The number of aromatic amines is 1. The number of rotatable bonds is 3. The molecule has 0 amide bonds. The molecule has 3 aromatic heterocycles. The molecule has 0 aromatic carbocycles. The predicted octanol–water partition coefficient (Wildman–Crippen LogP) is 3.67. The second kappa shape index (κ2) is 7.37. The van der Waals surface area contributed by atoms with Crippen LogP contribution in [-0.4, -0.2) is 37.0 Å². The molecule has 11 heteroatoms. The summed E-state index contributed by atoms with van der Waals surface area (Å²) in [5.74, 6) is -2.35. The van der Waals surface area contributed by atoms with Crippen LogP contribution in [0.2, 0.25) is 0 Å². The summed E-state index contributed by atoms with van der Waals surface area (Å²) in [6, 6.07) is 2.90. The number of ether oxygens (including phenoxy) is 1. The van der Waals surface area contributed by atoms with E-state index in [1.165, 1.54) is 23.7 Å². The van der Waals surface area contributed by atoms with Gasteiger partial charge in [0.1, 0.15) is 23.3 Å². The standard InChI is InChI=1S/C19H19F4N5O2/c1-9-24-15(16-17-12(26-27-16)7-8-13(29)28(17)2)14(20)18(25-9)30-11-5-3-10(4-6-11)19(21,22)23/h7-8,10-11H,3-6H2,1-2H3,(H,26,27). The lowest BCUT2D eigenvalue weighted by atomic mass is 9.87. The van der Waals surface area contributed by atoms with Gasteiger partial charge in [-0.3, -0.25) is 9.89 Å². The molecule has 0 unspecified atom stereocenters. The Balaban J connectivity index is 1.66. The molecule has 1 fully saturated rings. The van der Waals surface area contributed by atoms with E-state index < -0.39 is 24.0 Å². The minimum atomic E-state index is -4.23. The smallest absolute Gasteiger partial charge is 0.391 e. The Kier molecular flexibility index (Phi) is 4.99. The van der Waals surface area contributed by atoms with Gasteiger partial charge in [-0.25, -0.2) is 4.98 Å². The van der Waals surface area contributed by atoms with Crippen LogP contribution in [0, 0.1) is 18.7 Å². The van der Waals surface area contributed by atoms with Crippen LogP contribution in [0.15, 0.2) is 16.9 Å².